The van der Waals surface area contributed by atoms with Crippen LogP contribution in [0.5, 0.6) is 0 Å². The van der Waals surface area contributed by atoms with Crippen molar-refractivity contribution in [2.75, 3.05) is 26.2 Å². The monoisotopic (exact) mass is 213 g/mol. The van der Waals surface area contributed by atoms with E-state index >= 15 is 0 Å². The topological polar surface area (TPSA) is 93.4 Å². The molecule has 0 unspecified atom stereocenters. The van der Waals surface area contributed by atoms with E-state index in [0.29, 0.717) is 6.54 Å². The van der Waals surface area contributed by atoms with Crippen molar-refractivity contribution in [3.8, 4) is 6.07 Å². The Hall–Kier alpha value is -1.61. The first kappa shape index (κ1) is 13.4. The number of aliphatic carboxylic acids is 1. The van der Waals surface area contributed by atoms with Gasteiger partial charge in [-0.2, -0.15) is 5.26 Å². The number of hydrogen-bond acceptors (Lipinski definition) is 4. The third-order valence-electron chi connectivity index (χ3n) is 1.63. The van der Waals surface area contributed by atoms with Crippen LogP contribution in [-0.4, -0.2) is 48.1 Å². The molecule has 2 N–H and O–H groups in total. The number of nitrogens with zero attached hydrogens (tertiary/aromatic N) is 2. The molecule has 0 aliphatic heterocycles. The van der Waals surface area contributed by atoms with E-state index in [9.17, 15) is 9.59 Å². The number of carbonyl (C=O) groups is 2. The van der Waals surface area contributed by atoms with E-state index in [2.05, 4.69) is 5.32 Å². The minimum atomic E-state index is -0.962. The van der Waals surface area contributed by atoms with E-state index in [-0.39, 0.29) is 25.5 Å². The lowest BCUT2D eigenvalue weighted by molar-refractivity contribution is -0.138. The normalized spacial score (nSPS) is 9.67. The van der Waals surface area contributed by atoms with Gasteiger partial charge in [0.15, 0.2) is 0 Å². The van der Waals surface area contributed by atoms with Gasteiger partial charge in [0.05, 0.1) is 19.2 Å². The summed E-state index contributed by atoms with van der Waals surface area (Å²) in [6.45, 7) is 2.26. The van der Waals surface area contributed by atoms with Gasteiger partial charge in [0, 0.05) is 0 Å². The van der Waals surface area contributed by atoms with E-state index < -0.39 is 5.97 Å². The molecule has 6 nitrogen and oxygen atoms in total. The van der Waals surface area contributed by atoms with Gasteiger partial charge in [-0.1, -0.05) is 6.92 Å². The quantitative estimate of drug-likeness (QED) is 0.552. The molecule has 0 heterocycles. The summed E-state index contributed by atoms with van der Waals surface area (Å²) in [5.74, 6) is -1.29. The SMILES string of the molecule is CCCN(CC(=O)O)CC(=O)NCC#N. The van der Waals surface area contributed by atoms with Crippen molar-refractivity contribution in [3.63, 3.8) is 0 Å². The van der Waals surface area contributed by atoms with Crippen LogP contribution in [0.3, 0.4) is 0 Å². The Morgan fingerprint density at radius 2 is 2.13 bits per heavy atom. The third kappa shape index (κ3) is 7.46. The summed E-state index contributed by atoms with van der Waals surface area (Å²) >= 11 is 0. The molecule has 0 fully saturated rings. The molecule has 15 heavy (non-hydrogen) atoms. The summed E-state index contributed by atoms with van der Waals surface area (Å²) in [6, 6.07) is 1.78. The Morgan fingerprint density at radius 1 is 1.47 bits per heavy atom. The highest BCUT2D eigenvalue weighted by atomic mass is 16.4. The van der Waals surface area contributed by atoms with Crippen LogP contribution in [0.25, 0.3) is 0 Å². The Balaban J connectivity index is 3.98. The molecule has 0 aromatic carbocycles. The predicted molar refractivity (Wildman–Crippen MR) is 53.0 cm³/mol. The molecule has 0 saturated heterocycles. The van der Waals surface area contributed by atoms with Crippen molar-refractivity contribution in [1.82, 2.24) is 10.2 Å². The zero-order valence-electron chi connectivity index (χ0n) is 8.69. The maximum Gasteiger partial charge on any atom is 0.317 e. The van der Waals surface area contributed by atoms with Gasteiger partial charge >= 0.3 is 5.97 Å². The molecule has 1 amide bonds. The number of hydrogen-bond donors (Lipinski definition) is 2. The predicted octanol–water partition coefficient (Wildman–Crippen LogP) is -0.577. The number of carbonyl (C=O) groups excluding carboxylic acids is 1. The summed E-state index contributed by atoms with van der Waals surface area (Å²) in [4.78, 5) is 23.1. The fourth-order valence-electron chi connectivity index (χ4n) is 1.12. The molecular formula is C9H15N3O3. The second-order valence-electron chi connectivity index (χ2n) is 3.04. The van der Waals surface area contributed by atoms with E-state index in [1.54, 1.807) is 6.07 Å². The van der Waals surface area contributed by atoms with Gasteiger partial charge in [-0.3, -0.25) is 14.5 Å². The van der Waals surface area contributed by atoms with Gasteiger partial charge in [-0.15, -0.1) is 0 Å². The number of amides is 1. The van der Waals surface area contributed by atoms with Gasteiger partial charge in [0.2, 0.25) is 5.91 Å². The fourth-order valence-corrected chi connectivity index (χ4v) is 1.12. The number of nitrogens with one attached hydrogen (secondary N) is 1. The summed E-state index contributed by atoms with van der Waals surface area (Å²) in [6.07, 6.45) is 0.777. The Bertz CT molecular complexity index is 260. The van der Waals surface area contributed by atoms with Crippen LogP contribution in [0.4, 0.5) is 0 Å². The average Bonchev–Trinajstić information content (AvgIpc) is 2.14. The van der Waals surface area contributed by atoms with Crippen LogP contribution < -0.4 is 5.32 Å². The van der Waals surface area contributed by atoms with Crippen LogP contribution in [0, 0.1) is 11.3 Å². The summed E-state index contributed by atoms with van der Waals surface area (Å²) in [7, 11) is 0. The molecule has 0 saturated carbocycles. The fraction of sp³-hybridized carbons (Fsp3) is 0.667. The Morgan fingerprint density at radius 3 is 2.60 bits per heavy atom. The maximum atomic E-state index is 11.2. The van der Waals surface area contributed by atoms with Gasteiger partial charge < -0.3 is 10.4 Å². The van der Waals surface area contributed by atoms with Crippen molar-refractivity contribution in [2.45, 2.75) is 13.3 Å². The zero-order chi connectivity index (χ0) is 11.7. The first-order valence-electron chi connectivity index (χ1n) is 4.68. The number of rotatable bonds is 7. The van der Waals surface area contributed by atoms with E-state index in [1.807, 2.05) is 6.92 Å². The Labute approximate surface area is 88.5 Å². The standard InChI is InChI=1S/C9H15N3O3/c1-2-5-12(7-9(14)15)6-8(13)11-4-3-10/h2,4-7H2,1H3,(H,11,13)(H,14,15). The molecule has 0 radical (unpaired) electrons. The van der Waals surface area contributed by atoms with Gasteiger partial charge in [0.1, 0.15) is 6.54 Å². The third-order valence-corrected chi connectivity index (χ3v) is 1.63. The molecule has 0 atom stereocenters. The van der Waals surface area contributed by atoms with Crippen molar-refractivity contribution in [3.05, 3.63) is 0 Å². The van der Waals surface area contributed by atoms with Crippen LogP contribution >= 0.6 is 0 Å². The van der Waals surface area contributed by atoms with Crippen LogP contribution in [0.15, 0.2) is 0 Å². The first-order chi connectivity index (χ1) is 7.10. The highest BCUT2D eigenvalue weighted by Gasteiger charge is 2.12. The number of carboxylic acids is 1. The van der Waals surface area contributed by atoms with Crippen molar-refractivity contribution < 1.29 is 14.7 Å². The van der Waals surface area contributed by atoms with Gasteiger partial charge in [-0.25, -0.2) is 0 Å². The molecule has 0 aliphatic carbocycles. The minimum absolute atomic E-state index is 0.0157. The smallest absolute Gasteiger partial charge is 0.317 e. The van der Waals surface area contributed by atoms with E-state index in [0.717, 1.165) is 6.42 Å². The molecule has 84 valence electrons. The molecule has 0 spiro atoms. The highest BCUT2D eigenvalue weighted by Crippen LogP contribution is 1.90. The second-order valence-corrected chi connectivity index (χ2v) is 3.04. The van der Waals surface area contributed by atoms with Crippen LogP contribution in [-0.2, 0) is 9.59 Å². The largest absolute Gasteiger partial charge is 0.480 e. The number of carboxylic acid groups (broad SMARTS) is 1. The summed E-state index contributed by atoms with van der Waals surface area (Å²) in [5.41, 5.74) is 0. The molecule has 0 aromatic heterocycles. The molecule has 6 heteroatoms. The van der Waals surface area contributed by atoms with Crippen molar-refractivity contribution >= 4 is 11.9 Å². The lowest BCUT2D eigenvalue weighted by Gasteiger charge is -2.18. The molecule has 0 aromatic rings. The van der Waals surface area contributed by atoms with Gasteiger partial charge in [-0.05, 0) is 13.0 Å². The van der Waals surface area contributed by atoms with Crippen molar-refractivity contribution in [2.24, 2.45) is 0 Å². The molecular weight excluding hydrogens is 198 g/mol. The lowest BCUT2D eigenvalue weighted by Crippen LogP contribution is -2.40. The minimum Gasteiger partial charge on any atom is -0.480 e. The summed E-state index contributed by atoms with van der Waals surface area (Å²) < 4.78 is 0. The maximum absolute atomic E-state index is 11.2. The molecule has 0 rings (SSSR count). The summed E-state index contributed by atoms with van der Waals surface area (Å²) in [5, 5.41) is 19.2. The highest BCUT2D eigenvalue weighted by molar-refractivity contribution is 5.79. The van der Waals surface area contributed by atoms with Crippen LogP contribution in [0.2, 0.25) is 0 Å². The molecule has 0 aliphatic rings. The Kier molecular flexibility index (Phi) is 6.93. The van der Waals surface area contributed by atoms with Crippen molar-refractivity contribution in [1.29, 1.82) is 5.26 Å². The van der Waals surface area contributed by atoms with Gasteiger partial charge in [0.25, 0.3) is 0 Å². The second kappa shape index (κ2) is 7.76. The first-order valence-corrected chi connectivity index (χ1v) is 4.68. The van der Waals surface area contributed by atoms with Crippen LogP contribution in [0.1, 0.15) is 13.3 Å². The number of nitriles is 1. The molecule has 0 bridgehead atoms. The lowest BCUT2D eigenvalue weighted by atomic mass is 10.4. The van der Waals surface area contributed by atoms with E-state index in [4.69, 9.17) is 10.4 Å². The van der Waals surface area contributed by atoms with E-state index in [1.165, 1.54) is 4.90 Å². The zero-order valence-corrected chi connectivity index (χ0v) is 8.69. The average molecular weight is 213 g/mol.